The molecule has 1 aromatic rings. The highest BCUT2D eigenvalue weighted by Gasteiger charge is 2.07. The largest absolute Gasteiger partial charge is 0.478 e. The first kappa shape index (κ1) is 15.0. The fraction of sp³-hybridized carbons (Fsp3) is 0.429. The highest BCUT2D eigenvalue weighted by atomic mass is 16.4. The Morgan fingerprint density at radius 2 is 1.89 bits per heavy atom. The lowest BCUT2D eigenvalue weighted by Gasteiger charge is -2.14. The van der Waals surface area contributed by atoms with Gasteiger partial charge in [-0.3, -0.25) is 0 Å². The van der Waals surface area contributed by atoms with E-state index >= 15 is 0 Å². The predicted octanol–water partition coefficient (Wildman–Crippen LogP) is 3.09. The summed E-state index contributed by atoms with van der Waals surface area (Å²) in [4.78, 5) is 22.3. The van der Waals surface area contributed by atoms with Crippen LogP contribution in [0.25, 0.3) is 0 Å². The number of benzene rings is 1. The summed E-state index contributed by atoms with van der Waals surface area (Å²) in [7, 11) is 0. The van der Waals surface area contributed by atoms with Crippen molar-refractivity contribution in [2.45, 2.75) is 39.2 Å². The van der Waals surface area contributed by atoms with Crippen LogP contribution >= 0.6 is 0 Å². The molecule has 0 aromatic heterocycles. The van der Waals surface area contributed by atoms with E-state index in [9.17, 15) is 9.59 Å². The SMILES string of the molecule is CCCCC(C)NC(=O)Nc1ccc(C(=O)O)cc1. The van der Waals surface area contributed by atoms with E-state index < -0.39 is 5.97 Å². The van der Waals surface area contributed by atoms with E-state index in [1.165, 1.54) is 12.1 Å². The van der Waals surface area contributed by atoms with Crippen molar-refractivity contribution in [3.05, 3.63) is 29.8 Å². The van der Waals surface area contributed by atoms with E-state index in [1.807, 2.05) is 6.92 Å². The fourth-order valence-electron chi connectivity index (χ4n) is 1.67. The summed E-state index contributed by atoms with van der Waals surface area (Å²) in [6.45, 7) is 4.07. The van der Waals surface area contributed by atoms with Crippen LogP contribution in [0.2, 0.25) is 0 Å². The van der Waals surface area contributed by atoms with Crippen molar-refractivity contribution in [2.75, 3.05) is 5.32 Å². The standard InChI is InChI=1S/C14H20N2O3/c1-3-4-5-10(2)15-14(19)16-12-8-6-11(7-9-12)13(17)18/h6-10H,3-5H2,1-2H3,(H,17,18)(H2,15,16,19). The summed E-state index contributed by atoms with van der Waals surface area (Å²) in [6.07, 6.45) is 3.13. The van der Waals surface area contributed by atoms with Gasteiger partial charge in [0.1, 0.15) is 0 Å². The number of anilines is 1. The van der Waals surface area contributed by atoms with E-state index in [1.54, 1.807) is 12.1 Å². The number of carboxylic acids is 1. The van der Waals surface area contributed by atoms with Gasteiger partial charge in [-0.15, -0.1) is 0 Å². The van der Waals surface area contributed by atoms with Crippen LogP contribution in [0.4, 0.5) is 10.5 Å². The molecule has 0 bridgehead atoms. The smallest absolute Gasteiger partial charge is 0.335 e. The number of urea groups is 1. The molecule has 5 nitrogen and oxygen atoms in total. The van der Waals surface area contributed by atoms with Crippen molar-refractivity contribution in [1.29, 1.82) is 0 Å². The van der Waals surface area contributed by atoms with Crippen molar-refractivity contribution in [2.24, 2.45) is 0 Å². The molecule has 104 valence electrons. The van der Waals surface area contributed by atoms with E-state index in [2.05, 4.69) is 17.6 Å². The first-order valence-electron chi connectivity index (χ1n) is 6.43. The Hall–Kier alpha value is -2.04. The molecule has 19 heavy (non-hydrogen) atoms. The molecule has 5 heteroatoms. The van der Waals surface area contributed by atoms with Crippen molar-refractivity contribution in [3.63, 3.8) is 0 Å². The number of carbonyl (C=O) groups excluding carboxylic acids is 1. The molecule has 0 aliphatic carbocycles. The minimum absolute atomic E-state index is 0.123. The first-order valence-corrected chi connectivity index (χ1v) is 6.43. The normalized spacial score (nSPS) is 11.7. The maximum Gasteiger partial charge on any atom is 0.335 e. The van der Waals surface area contributed by atoms with Crippen LogP contribution in [-0.2, 0) is 0 Å². The van der Waals surface area contributed by atoms with Gasteiger partial charge in [0.2, 0.25) is 0 Å². The van der Waals surface area contributed by atoms with Crippen LogP contribution in [-0.4, -0.2) is 23.1 Å². The Morgan fingerprint density at radius 3 is 2.42 bits per heavy atom. The average molecular weight is 264 g/mol. The van der Waals surface area contributed by atoms with Gasteiger partial charge in [-0.25, -0.2) is 9.59 Å². The molecule has 1 rings (SSSR count). The Morgan fingerprint density at radius 1 is 1.26 bits per heavy atom. The molecule has 1 unspecified atom stereocenters. The lowest BCUT2D eigenvalue weighted by atomic mass is 10.1. The molecule has 0 heterocycles. The number of amides is 2. The zero-order valence-electron chi connectivity index (χ0n) is 11.3. The number of carbonyl (C=O) groups is 2. The third-order valence-corrected chi connectivity index (χ3v) is 2.76. The number of carboxylic acid groups (broad SMARTS) is 1. The van der Waals surface area contributed by atoms with Crippen LogP contribution in [0.15, 0.2) is 24.3 Å². The summed E-state index contributed by atoms with van der Waals surface area (Å²) >= 11 is 0. The zero-order valence-corrected chi connectivity index (χ0v) is 11.3. The molecule has 0 saturated carbocycles. The summed E-state index contributed by atoms with van der Waals surface area (Å²) in [6, 6.07) is 5.90. The lowest BCUT2D eigenvalue weighted by molar-refractivity contribution is 0.0697. The molecule has 0 saturated heterocycles. The average Bonchev–Trinajstić information content (AvgIpc) is 2.36. The van der Waals surface area contributed by atoms with Crippen LogP contribution in [0, 0.1) is 0 Å². The van der Waals surface area contributed by atoms with Gasteiger partial charge in [0, 0.05) is 11.7 Å². The summed E-state index contributed by atoms with van der Waals surface area (Å²) in [5, 5.41) is 14.3. The number of nitrogens with one attached hydrogen (secondary N) is 2. The Kier molecular flexibility index (Phi) is 5.85. The van der Waals surface area contributed by atoms with Crippen molar-refractivity contribution in [3.8, 4) is 0 Å². The molecule has 1 atom stereocenters. The van der Waals surface area contributed by atoms with Gasteiger partial charge in [0.15, 0.2) is 0 Å². The molecular weight excluding hydrogens is 244 g/mol. The molecule has 0 aliphatic heterocycles. The predicted molar refractivity (Wildman–Crippen MR) is 74.5 cm³/mol. The second-order valence-electron chi connectivity index (χ2n) is 4.52. The number of hydrogen-bond donors (Lipinski definition) is 3. The van der Waals surface area contributed by atoms with Crippen molar-refractivity contribution >= 4 is 17.7 Å². The quantitative estimate of drug-likeness (QED) is 0.738. The number of rotatable bonds is 6. The van der Waals surface area contributed by atoms with Crippen molar-refractivity contribution in [1.82, 2.24) is 5.32 Å². The van der Waals surface area contributed by atoms with Gasteiger partial charge >= 0.3 is 12.0 Å². The lowest BCUT2D eigenvalue weighted by Crippen LogP contribution is -2.36. The highest BCUT2D eigenvalue weighted by molar-refractivity contribution is 5.91. The second kappa shape index (κ2) is 7.41. The van der Waals surface area contributed by atoms with Gasteiger partial charge in [-0.2, -0.15) is 0 Å². The van der Waals surface area contributed by atoms with Crippen LogP contribution in [0.1, 0.15) is 43.5 Å². The third-order valence-electron chi connectivity index (χ3n) is 2.76. The molecule has 0 fully saturated rings. The number of aromatic carboxylic acids is 1. The zero-order chi connectivity index (χ0) is 14.3. The van der Waals surface area contributed by atoms with Gasteiger partial charge in [0.05, 0.1) is 5.56 Å². The maximum absolute atomic E-state index is 11.7. The number of hydrogen-bond acceptors (Lipinski definition) is 2. The number of unbranched alkanes of at least 4 members (excludes halogenated alkanes) is 1. The van der Waals surface area contributed by atoms with Gasteiger partial charge in [-0.05, 0) is 37.6 Å². The fourth-order valence-corrected chi connectivity index (χ4v) is 1.67. The maximum atomic E-state index is 11.7. The van der Waals surface area contributed by atoms with Gasteiger partial charge in [-0.1, -0.05) is 19.8 Å². The first-order chi connectivity index (χ1) is 9.02. The van der Waals surface area contributed by atoms with Gasteiger partial charge < -0.3 is 15.7 Å². The van der Waals surface area contributed by atoms with Gasteiger partial charge in [0.25, 0.3) is 0 Å². The minimum Gasteiger partial charge on any atom is -0.478 e. The summed E-state index contributed by atoms with van der Waals surface area (Å²) in [5.74, 6) is -0.982. The molecule has 1 aromatic carbocycles. The highest BCUT2D eigenvalue weighted by Crippen LogP contribution is 2.09. The Bertz CT molecular complexity index is 429. The second-order valence-corrected chi connectivity index (χ2v) is 4.52. The molecule has 2 amide bonds. The summed E-state index contributed by atoms with van der Waals surface area (Å²) in [5.41, 5.74) is 0.771. The van der Waals surface area contributed by atoms with Crippen LogP contribution < -0.4 is 10.6 Å². The molecule has 0 radical (unpaired) electrons. The monoisotopic (exact) mass is 264 g/mol. The summed E-state index contributed by atoms with van der Waals surface area (Å²) < 4.78 is 0. The van der Waals surface area contributed by atoms with Crippen molar-refractivity contribution < 1.29 is 14.7 Å². The van der Waals surface area contributed by atoms with Crippen LogP contribution in [0.3, 0.4) is 0 Å². The van der Waals surface area contributed by atoms with E-state index in [-0.39, 0.29) is 17.6 Å². The molecule has 0 spiro atoms. The van der Waals surface area contributed by atoms with E-state index in [0.29, 0.717) is 5.69 Å². The Labute approximate surface area is 113 Å². The van der Waals surface area contributed by atoms with Crippen LogP contribution in [0.5, 0.6) is 0 Å². The third kappa shape index (κ3) is 5.42. The molecule has 3 N–H and O–H groups in total. The van der Waals surface area contributed by atoms with E-state index in [0.717, 1.165) is 19.3 Å². The molecule has 0 aliphatic rings. The minimum atomic E-state index is -0.982. The topological polar surface area (TPSA) is 78.4 Å². The molecular formula is C14H20N2O3. The Balaban J connectivity index is 2.45. The van der Waals surface area contributed by atoms with E-state index in [4.69, 9.17) is 5.11 Å².